The lowest BCUT2D eigenvalue weighted by Gasteiger charge is -2.12. The molecule has 3 aromatic rings. The van der Waals surface area contributed by atoms with Crippen LogP contribution in [0.4, 0.5) is 0 Å². The highest BCUT2D eigenvalue weighted by Gasteiger charge is 2.08. The van der Waals surface area contributed by atoms with Gasteiger partial charge in [-0.25, -0.2) is 4.99 Å². The second-order valence-electron chi connectivity index (χ2n) is 5.74. The van der Waals surface area contributed by atoms with Crippen LogP contribution in [-0.4, -0.2) is 27.3 Å². The molecule has 0 saturated carbocycles. The number of nitrogens with zero attached hydrogens (tertiary/aromatic N) is 4. The van der Waals surface area contributed by atoms with Gasteiger partial charge in [0.2, 0.25) is 0 Å². The van der Waals surface area contributed by atoms with E-state index in [-0.39, 0.29) is 24.0 Å². The fourth-order valence-electron chi connectivity index (χ4n) is 2.50. The molecule has 3 rings (SSSR count). The van der Waals surface area contributed by atoms with Crippen LogP contribution in [0, 0.1) is 0 Å². The maximum atomic E-state index is 6.22. The zero-order chi connectivity index (χ0) is 19.1. The number of aliphatic imine (C=N–C) groups is 1. The van der Waals surface area contributed by atoms with Crippen LogP contribution in [0.1, 0.15) is 18.3 Å². The minimum absolute atomic E-state index is 0. The third kappa shape index (κ3) is 6.08. The molecule has 0 fully saturated rings. The van der Waals surface area contributed by atoms with Gasteiger partial charge in [-0.05, 0) is 36.8 Å². The van der Waals surface area contributed by atoms with Crippen LogP contribution in [0.3, 0.4) is 0 Å². The van der Waals surface area contributed by atoms with E-state index in [1.165, 1.54) is 0 Å². The van der Waals surface area contributed by atoms with E-state index in [0.717, 1.165) is 23.6 Å². The van der Waals surface area contributed by atoms with E-state index in [9.17, 15) is 0 Å². The number of nitrogens with one attached hydrogen (secondary N) is 2. The summed E-state index contributed by atoms with van der Waals surface area (Å²) in [4.78, 5) is 4.59. The maximum absolute atomic E-state index is 6.22. The van der Waals surface area contributed by atoms with E-state index in [4.69, 9.17) is 23.2 Å². The fourth-order valence-corrected chi connectivity index (χ4v) is 2.97. The number of rotatable bonds is 6. The average Bonchev–Trinajstić information content (AvgIpc) is 3.14. The number of halogens is 3. The molecule has 6 nitrogen and oxygen atoms in total. The Bertz CT molecular complexity index is 914. The second-order valence-corrected chi connectivity index (χ2v) is 6.58. The average molecular weight is 531 g/mol. The third-order valence-corrected chi connectivity index (χ3v) is 4.42. The van der Waals surface area contributed by atoms with Gasteiger partial charge in [0.25, 0.3) is 0 Å². The van der Waals surface area contributed by atoms with Gasteiger partial charge >= 0.3 is 0 Å². The van der Waals surface area contributed by atoms with Crippen molar-refractivity contribution in [2.75, 3.05) is 6.54 Å². The Hall–Kier alpha value is -1.84. The van der Waals surface area contributed by atoms with Gasteiger partial charge in [0, 0.05) is 22.3 Å². The van der Waals surface area contributed by atoms with Crippen molar-refractivity contribution in [3.8, 4) is 5.69 Å². The molecule has 2 aromatic carbocycles. The fraction of sp³-hybridized carbons (Fsp3) is 0.211. The molecule has 1 heterocycles. The summed E-state index contributed by atoms with van der Waals surface area (Å²) in [7, 11) is 0. The van der Waals surface area contributed by atoms with Crippen molar-refractivity contribution < 1.29 is 0 Å². The zero-order valence-electron chi connectivity index (χ0n) is 15.3. The molecule has 9 heteroatoms. The number of aromatic nitrogens is 3. The van der Waals surface area contributed by atoms with Gasteiger partial charge < -0.3 is 10.6 Å². The Labute approximate surface area is 191 Å². The number of hydrogen-bond donors (Lipinski definition) is 2. The number of guanidine groups is 1. The van der Waals surface area contributed by atoms with E-state index in [2.05, 4.69) is 25.8 Å². The standard InChI is InChI=1S/C19H20Cl2N6.HI/c1-2-22-19(23-11-14-8-9-15(20)10-17(14)21)24-12-18-26-25-13-27(18)16-6-4-3-5-7-16;/h3-10,13H,2,11-12H2,1H3,(H2,22,23,24);1H. The summed E-state index contributed by atoms with van der Waals surface area (Å²) in [5.74, 6) is 1.46. The molecule has 0 unspecified atom stereocenters. The van der Waals surface area contributed by atoms with Crippen molar-refractivity contribution in [2.24, 2.45) is 4.99 Å². The SMILES string of the molecule is CCNC(=NCc1ccc(Cl)cc1Cl)NCc1nncn1-c1ccccc1.I. The van der Waals surface area contributed by atoms with E-state index < -0.39 is 0 Å². The molecule has 0 atom stereocenters. The van der Waals surface area contributed by atoms with Gasteiger partial charge in [0.1, 0.15) is 6.33 Å². The molecule has 0 amide bonds. The zero-order valence-corrected chi connectivity index (χ0v) is 19.1. The minimum Gasteiger partial charge on any atom is -0.357 e. The van der Waals surface area contributed by atoms with Gasteiger partial charge in [-0.15, -0.1) is 34.2 Å². The van der Waals surface area contributed by atoms with Crippen molar-refractivity contribution >= 4 is 53.1 Å². The summed E-state index contributed by atoms with van der Waals surface area (Å²) in [6.07, 6.45) is 1.70. The Kier molecular flexibility index (Phi) is 9.01. The number of hydrogen-bond acceptors (Lipinski definition) is 3. The lowest BCUT2D eigenvalue weighted by Crippen LogP contribution is -2.37. The molecule has 28 heavy (non-hydrogen) atoms. The van der Waals surface area contributed by atoms with Crippen LogP contribution in [-0.2, 0) is 13.1 Å². The molecule has 2 N–H and O–H groups in total. The first-order valence-corrected chi connectivity index (χ1v) is 9.33. The first-order chi connectivity index (χ1) is 13.2. The molecule has 0 aliphatic heterocycles. The number of benzene rings is 2. The van der Waals surface area contributed by atoms with Crippen molar-refractivity contribution in [3.63, 3.8) is 0 Å². The highest BCUT2D eigenvalue weighted by molar-refractivity contribution is 14.0. The molecule has 1 aromatic heterocycles. The third-order valence-electron chi connectivity index (χ3n) is 3.83. The molecule has 148 valence electrons. The van der Waals surface area contributed by atoms with Gasteiger partial charge in [-0.2, -0.15) is 0 Å². The van der Waals surface area contributed by atoms with Gasteiger partial charge in [0.15, 0.2) is 11.8 Å². The molecule has 0 spiro atoms. The summed E-state index contributed by atoms with van der Waals surface area (Å²) in [6.45, 7) is 3.68. The second kappa shape index (κ2) is 11.2. The van der Waals surface area contributed by atoms with Crippen molar-refractivity contribution in [2.45, 2.75) is 20.0 Å². The Morgan fingerprint density at radius 2 is 1.89 bits per heavy atom. The van der Waals surface area contributed by atoms with Crippen LogP contribution in [0.5, 0.6) is 0 Å². The molecule has 0 radical (unpaired) electrons. The number of para-hydroxylation sites is 1. The van der Waals surface area contributed by atoms with Crippen LogP contribution in [0.25, 0.3) is 5.69 Å². The van der Waals surface area contributed by atoms with Crippen LogP contribution in [0.2, 0.25) is 10.0 Å². The van der Waals surface area contributed by atoms with E-state index in [0.29, 0.717) is 29.1 Å². The largest absolute Gasteiger partial charge is 0.357 e. The summed E-state index contributed by atoms with van der Waals surface area (Å²) in [5, 5.41) is 15.9. The molecule has 0 saturated heterocycles. The van der Waals surface area contributed by atoms with Crippen molar-refractivity contribution in [1.29, 1.82) is 0 Å². The normalized spacial score (nSPS) is 11.0. The lowest BCUT2D eigenvalue weighted by atomic mass is 10.2. The van der Waals surface area contributed by atoms with Gasteiger partial charge in [-0.3, -0.25) is 4.57 Å². The van der Waals surface area contributed by atoms with Crippen LogP contribution >= 0.6 is 47.2 Å². The maximum Gasteiger partial charge on any atom is 0.191 e. The highest BCUT2D eigenvalue weighted by atomic mass is 127. The lowest BCUT2D eigenvalue weighted by molar-refractivity contribution is 0.756. The summed E-state index contributed by atoms with van der Waals surface area (Å²) in [5.41, 5.74) is 1.92. The van der Waals surface area contributed by atoms with Crippen LogP contribution < -0.4 is 10.6 Å². The molecule has 0 bridgehead atoms. The Morgan fingerprint density at radius 1 is 1.11 bits per heavy atom. The summed E-state index contributed by atoms with van der Waals surface area (Å²) < 4.78 is 1.94. The summed E-state index contributed by atoms with van der Waals surface area (Å²) >= 11 is 12.2. The molecular weight excluding hydrogens is 510 g/mol. The minimum atomic E-state index is 0. The Morgan fingerprint density at radius 3 is 2.61 bits per heavy atom. The molecule has 0 aliphatic rings. The summed E-state index contributed by atoms with van der Waals surface area (Å²) in [6, 6.07) is 15.4. The van der Waals surface area contributed by atoms with Crippen molar-refractivity contribution in [3.05, 3.63) is 76.3 Å². The monoisotopic (exact) mass is 530 g/mol. The highest BCUT2D eigenvalue weighted by Crippen LogP contribution is 2.21. The first kappa shape index (κ1) is 22.4. The van der Waals surface area contributed by atoms with E-state index in [1.807, 2.05) is 47.9 Å². The predicted octanol–water partition coefficient (Wildman–Crippen LogP) is 4.45. The van der Waals surface area contributed by atoms with E-state index >= 15 is 0 Å². The molecular formula is C19H21Cl2IN6. The smallest absolute Gasteiger partial charge is 0.191 e. The first-order valence-electron chi connectivity index (χ1n) is 8.58. The predicted molar refractivity (Wildman–Crippen MR) is 125 cm³/mol. The van der Waals surface area contributed by atoms with Crippen molar-refractivity contribution in [1.82, 2.24) is 25.4 Å². The molecule has 0 aliphatic carbocycles. The topological polar surface area (TPSA) is 67.1 Å². The van der Waals surface area contributed by atoms with Gasteiger partial charge in [-0.1, -0.05) is 47.5 Å². The Balaban J connectivity index is 0.00000280. The van der Waals surface area contributed by atoms with Crippen LogP contribution in [0.15, 0.2) is 59.9 Å². The quantitative estimate of drug-likeness (QED) is 0.281. The van der Waals surface area contributed by atoms with Gasteiger partial charge in [0.05, 0.1) is 13.1 Å². The van der Waals surface area contributed by atoms with E-state index in [1.54, 1.807) is 18.5 Å².